The Bertz CT molecular complexity index is 1340. The fraction of sp³-hybridized carbons (Fsp3) is 0.409. The lowest BCUT2D eigenvalue weighted by Gasteiger charge is -2.20. The number of aromatic nitrogens is 3. The van der Waals surface area contributed by atoms with Crippen molar-refractivity contribution in [2.75, 3.05) is 5.32 Å². The van der Waals surface area contributed by atoms with Crippen LogP contribution in [0, 0.1) is 17.2 Å². The summed E-state index contributed by atoms with van der Waals surface area (Å²) in [5.74, 6) is 0.221. The van der Waals surface area contributed by atoms with Crippen molar-refractivity contribution in [3.63, 3.8) is 0 Å². The van der Waals surface area contributed by atoms with Gasteiger partial charge in [0.1, 0.15) is 5.39 Å². The van der Waals surface area contributed by atoms with Crippen LogP contribution in [0.25, 0.3) is 10.9 Å². The maximum absolute atomic E-state index is 12.6. The highest BCUT2D eigenvalue weighted by Gasteiger charge is 2.31. The van der Waals surface area contributed by atoms with E-state index in [1.807, 2.05) is 0 Å². The van der Waals surface area contributed by atoms with E-state index >= 15 is 0 Å². The van der Waals surface area contributed by atoms with Gasteiger partial charge in [0.2, 0.25) is 10.0 Å². The molecule has 0 amide bonds. The number of rotatable bonds is 5. The molecular weight excluding hydrogens is 428 g/mol. The summed E-state index contributed by atoms with van der Waals surface area (Å²) in [6.07, 6.45) is 4.15. The number of aromatic amines is 1. The highest BCUT2D eigenvalue weighted by Crippen LogP contribution is 2.38. The molecule has 3 aromatic rings. The molecule has 0 bridgehead atoms. The molecule has 2 atom stereocenters. The minimum Gasteiger partial charge on any atom is -0.338 e. The molecule has 168 valence electrons. The molecule has 0 radical (unpaired) electrons. The first kappa shape index (κ1) is 22.0. The molecule has 2 unspecified atom stereocenters. The zero-order chi connectivity index (χ0) is 23.1. The van der Waals surface area contributed by atoms with Gasteiger partial charge >= 0.3 is 0 Å². The van der Waals surface area contributed by atoms with E-state index < -0.39 is 15.6 Å². The van der Waals surface area contributed by atoms with E-state index in [2.05, 4.69) is 26.2 Å². The van der Waals surface area contributed by atoms with Gasteiger partial charge in [0.05, 0.1) is 28.4 Å². The normalized spacial score (nSPS) is 19.2. The van der Waals surface area contributed by atoms with Gasteiger partial charge in [0, 0.05) is 17.4 Å². The molecule has 0 saturated heterocycles. The third-order valence-corrected chi connectivity index (χ3v) is 7.23. The monoisotopic (exact) mass is 454 g/mol. The smallest absolute Gasteiger partial charge is 0.261 e. The molecule has 32 heavy (non-hydrogen) atoms. The van der Waals surface area contributed by atoms with Crippen LogP contribution in [0.5, 0.6) is 0 Å². The summed E-state index contributed by atoms with van der Waals surface area (Å²) in [5.41, 5.74) is 0.385. The Hall–Kier alpha value is -3.16. The molecular formula is C22H26N6O3S. The van der Waals surface area contributed by atoms with E-state index in [-0.39, 0.29) is 22.4 Å². The molecule has 1 aromatic carbocycles. The van der Waals surface area contributed by atoms with Gasteiger partial charge in [-0.05, 0) is 70.4 Å². The van der Waals surface area contributed by atoms with E-state index in [1.54, 1.807) is 49.8 Å². The zero-order valence-electron chi connectivity index (χ0n) is 18.2. The highest BCUT2D eigenvalue weighted by atomic mass is 32.2. The Morgan fingerprint density at radius 1 is 1.19 bits per heavy atom. The van der Waals surface area contributed by atoms with Crippen LogP contribution in [-0.4, -0.2) is 28.7 Å². The molecule has 9 nitrogen and oxygen atoms in total. The maximum Gasteiger partial charge on any atom is 0.261 e. The molecule has 10 heteroatoms. The van der Waals surface area contributed by atoms with Crippen LogP contribution in [0.15, 0.2) is 46.2 Å². The Kier molecular flexibility index (Phi) is 5.56. The first-order valence-corrected chi connectivity index (χ1v) is 12.0. The second-order valence-corrected chi connectivity index (χ2v) is 10.8. The molecule has 4 rings (SSSR count). The fourth-order valence-electron chi connectivity index (χ4n) is 4.14. The van der Waals surface area contributed by atoms with E-state index in [0.29, 0.717) is 22.4 Å². The van der Waals surface area contributed by atoms with Crippen LogP contribution in [0.1, 0.15) is 46.1 Å². The fourth-order valence-corrected chi connectivity index (χ4v) is 5.56. The van der Waals surface area contributed by atoms with Crippen molar-refractivity contribution in [2.24, 2.45) is 5.92 Å². The van der Waals surface area contributed by atoms with Crippen molar-refractivity contribution in [1.29, 1.82) is 5.26 Å². The first-order valence-electron chi connectivity index (χ1n) is 10.5. The number of pyridine rings is 1. The number of hydrogen-bond acceptors (Lipinski definition) is 6. The number of H-pyrrole nitrogens is 1. The number of anilines is 2. The molecule has 1 aliphatic carbocycles. The number of fused-ring (bicyclic) bond motifs is 1. The number of nitrogens with zero attached hydrogens (tertiary/aromatic N) is 3. The van der Waals surface area contributed by atoms with Crippen LogP contribution >= 0.6 is 0 Å². The highest BCUT2D eigenvalue weighted by molar-refractivity contribution is 7.89. The average Bonchev–Trinajstić information content (AvgIpc) is 3.31. The van der Waals surface area contributed by atoms with Crippen molar-refractivity contribution < 1.29 is 8.42 Å². The van der Waals surface area contributed by atoms with Crippen LogP contribution < -0.4 is 15.6 Å². The SMILES string of the molecule is CC(C)(C)NS(=O)(=O)c1ccc(Nc2nn(C3CCCC3C#N)c3cc[nH]c(=O)c23)cc1. The lowest BCUT2D eigenvalue weighted by molar-refractivity contribution is 0.423. The lowest BCUT2D eigenvalue weighted by Crippen LogP contribution is -2.40. The van der Waals surface area contributed by atoms with Crippen LogP contribution in [0.3, 0.4) is 0 Å². The molecule has 1 aliphatic rings. The minimum absolute atomic E-state index is 0.0872. The van der Waals surface area contributed by atoms with Gasteiger partial charge < -0.3 is 10.3 Å². The second-order valence-electron chi connectivity index (χ2n) is 9.10. The minimum atomic E-state index is -3.65. The summed E-state index contributed by atoms with van der Waals surface area (Å²) in [4.78, 5) is 15.4. The standard InChI is InChI=1S/C22H26N6O3S/c1-22(2,3)27-32(30,31)16-9-7-15(8-10-16)25-20-19-18(11-12-24-21(19)29)28(26-20)17-6-4-5-14(17)13-23/h7-12,14,17,27H,4-6H2,1-3H3,(H,24,29)(H,25,26). The molecule has 2 heterocycles. The summed E-state index contributed by atoms with van der Waals surface area (Å²) in [5, 5.41) is 17.7. The molecule has 1 saturated carbocycles. The van der Waals surface area contributed by atoms with E-state index in [1.165, 1.54) is 12.1 Å². The summed E-state index contributed by atoms with van der Waals surface area (Å²) in [6, 6.07) is 10.3. The van der Waals surface area contributed by atoms with Crippen LogP contribution in [-0.2, 0) is 10.0 Å². The predicted octanol–water partition coefficient (Wildman–Crippen LogP) is 3.41. The summed E-state index contributed by atoms with van der Waals surface area (Å²) in [7, 11) is -3.65. The van der Waals surface area contributed by atoms with Crippen molar-refractivity contribution in [1.82, 2.24) is 19.5 Å². The van der Waals surface area contributed by atoms with Gasteiger partial charge in [0.15, 0.2) is 5.82 Å². The number of nitrogens with one attached hydrogen (secondary N) is 3. The van der Waals surface area contributed by atoms with Crippen molar-refractivity contribution in [2.45, 2.75) is 56.5 Å². The van der Waals surface area contributed by atoms with Gasteiger partial charge in [-0.3, -0.25) is 9.48 Å². The van der Waals surface area contributed by atoms with E-state index in [4.69, 9.17) is 0 Å². The average molecular weight is 455 g/mol. The first-order chi connectivity index (χ1) is 15.1. The number of hydrogen-bond donors (Lipinski definition) is 3. The molecule has 0 aliphatic heterocycles. The second kappa shape index (κ2) is 8.07. The van der Waals surface area contributed by atoms with Gasteiger partial charge in [-0.1, -0.05) is 0 Å². The predicted molar refractivity (Wildman–Crippen MR) is 122 cm³/mol. The van der Waals surface area contributed by atoms with E-state index in [0.717, 1.165) is 19.3 Å². The van der Waals surface area contributed by atoms with Crippen molar-refractivity contribution >= 4 is 32.4 Å². The number of nitriles is 1. The van der Waals surface area contributed by atoms with Gasteiger partial charge in [-0.2, -0.15) is 10.4 Å². The van der Waals surface area contributed by atoms with Crippen LogP contribution in [0.2, 0.25) is 0 Å². The number of benzene rings is 1. The summed E-state index contributed by atoms with van der Waals surface area (Å²) in [6.45, 7) is 5.34. The Labute approximate surface area is 186 Å². The summed E-state index contributed by atoms with van der Waals surface area (Å²) < 4.78 is 29.5. The molecule has 2 aromatic heterocycles. The Morgan fingerprint density at radius 3 is 2.56 bits per heavy atom. The zero-order valence-corrected chi connectivity index (χ0v) is 19.0. The molecule has 1 fully saturated rings. The summed E-state index contributed by atoms with van der Waals surface area (Å²) >= 11 is 0. The van der Waals surface area contributed by atoms with Gasteiger partial charge in [-0.25, -0.2) is 13.1 Å². The van der Waals surface area contributed by atoms with Gasteiger partial charge in [-0.15, -0.1) is 0 Å². The van der Waals surface area contributed by atoms with Crippen molar-refractivity contribution in [3.8, 4) is 6.07 Å². The van der Waals surface area contributed by atoms with Crippen LogP contribution in [0.4, 0.5) is 11.5 Å². The molecule has 0 spiro atoms. The quantitative estimate of drug-likeness (QED) is 0.541. The topological polar surface area (TPSA) is 133 Å². The number of sulfonamides is 1. The van der Waals surface area contributed by atoms with E-state index in [9.17, 15) is 18.5 Å². The Morgan fingerprint density at radius 2 is 1.91 bits per heavy atom. The Balaban J connectivity index is 1.68. The largest absolute Gasteiger partial charge is 0.338 e. The lowest BCUT2D eigenvalue weighted by atomic mass is 10.1. The maximum atomic E-state index is 12.6. The third kappa shape index (κ3) is 4.26. The van der Waals surface area contributed by atoms with Crippen molar-refractivity contribution in [3.05, 3.63) is 46.9 Å². The van der Waals surface area contributed by atoms with Gasteiger partial charge in [0.25, 0.3) is 5.56 Å². The molecule has 3 N–H and O–H groups in total. The third-order valence-electron chi connectivity index (χ3n) is 5.46.